The molecule has 0 spiro atoms. The van der Waals surface area contributed by atoms with Crippen molar-refractivity contribution in [3.8, 4) is 5.69 Å². The fraction of sp³-hybridized carbons (Fsp3) is 0.0556. The number of nitrogens with one attached hydrogen (secondary N) is 1. The molecule has 0 saturated carbocycles. The predicted molar refractivity (Wildman–Crippen MR) is 93.8 cm³/mol. The first kappa shape index (κ1) is 14.7. The molecule has 0 bridgehead atoms. The lowest BCUT2D eigenvalue weighted by atomic mass is 10.2. The zero-order valence-electron chi connectivity index (χ0n) is 12.7. The molecule has 0 aliphatic rings. The molecular formula is C18H16N4O. The molecule has 3 aromatic rings. The van der Waals surface area contributed by atoms with Gasteiger partial charge in [0.2, 0.25) is 0 Å². The van der Waals surface area contributed by atoms with Gasteiger partial charge in [-0.1, -0.05) is 18.2 Å². The molecular weight excluding hydrogens is 288 g/mol. The summed E-state index contributed by atoms with van der Waals surface area (Å²) in [5.41, 5.74) is 6.32. The molecule has 1 N–H and O–H groups in total. The largest absolute Gasteiger partial charge is 0.316 e. The summed E-state index contributed by atoms with van der Waals surface area (Å²) in [5, 5.41) is 4.59. The lowest BCUT2D eigenvalue weighted by Gasteiger charge is -2.08. The lowest BCUT2D eigenvalue weighted by molar-refractivity contribution is 0.112. The number of benzene rings is 2. The average molecular weight is 304 g/mol. The van der Waals surface area contributed by atoms with Crippen LogP contribution in [-0.2, 0) is 0 Å². The van der Waals surface area contributed by atoms with Crippen LogP contribution in [0.3, 0.4) is 0 Å². The number of hydrogen-bond acceptors (Lipinski definition) is 3. The van der Waals surface area contributed by atoms with Gasteiger partial charge in [0.1, 0.15) is 5.84 Å². The Hall–Kier alpha value is -3.21. The van der Waals surface area contributed by atoms with Gasteiger partial charge in [-0.25, -0.2) is 0 Å². The van der Waals surface area contributed by atoms with E-state index >= 15 is 0 Å². The number of fused-ring (bicyclic) bond motifs is 1. The second kappa shape index (κ2) is 6.27. The van der Waals surface area contributed by atoms with E-state index in [0.717, 1.165) is 28.4 Å². The van der Waals surface area contributed by atoms with E-state index in [9.17, 15) is 4.79 Å². The van der Waals surface area contributed by atoms with E-state index < -0.39 is 0 Å². The Bertz CT molecular complexity index is 891. The molecule has 5 heteroatoms. The van der Waals surface area contributed by atoms with Crippen molar-refractivity contribution >= 4 is 29.7 Å². The highest BCUT2D eigenvalue weighted by Crippen LogP contribution is 2.24. The topological polar surface area (TPSA) is 58.8 Å². The van der Waals surface area contributed by atoms with Crippen LogP contribution < -0.4 is 5.43 Å². The van der Waals surface area contributed by atoms with Crippen LogP contribution in [0.1, 0.15) is 15.9 Å². The first-order chi connectivity index (χ1) is 11.3. The average Bonchev–Trinajstić information content (AvgIpc) is 2.99. The van der Waals surface area contributed by atoms with Crippen LogP contribution >= 0.6 is 0 Å². The molecule has 5 nitrogen and oxygen atoms in total. The molecule has 0 unspecified atom stereocenters. The summed E-state index contributed by atoms with van der Waals surface area (Å²) in [6, 6.07) is 15.7. The quantitative estimate of drug-likeness (QED) is 0.348. The number of carbonyl (C=O) groups excluding carboxylic acids is 1. The normalized spacial score (nSPS) is 11.4. The molecule has 1 heterocycles. The number of aromatic nitrogens is 1. The molecule has 0 aliphatic heterocycles. The highest BCUT2D eigenvalue weighted by molar-refractivity contribution is 6.00. The number of carbonyl (C=O) groups is 1. The molecule has 0 aliphatic carbocycles. The molecule has 0 fully saturated rings. The van der Waals surface area contributed by atoms with Gasteiger partial charge in [-0.05, 0) is 30.3 Å². The Morgan fingerprint density at radius 3 is 2.57 bits per heavy atom. The zero-order chi connectivity index (χ0) is 16.2. The summed E-state index contributed by atoms with van der Waals surface area (Å²) in [4.78, 5) is 15.4. The fourth-order valence-electron chi connectivity index (χ4n) is 2.61. The third kappa shape index (κ3) is 2.64. The van der Waals surface area contributed by atoms with Crippen LogP contribution in [0, 0.1) is 0 Å². The maximum absolute atomic E-state index is 11.3. The highest BCUT2D eigenvalue weighted by atomic mass is 16.1. The van der Waals surface area contributed by atoms with Crippen molar-refractivity contribution in [1.82, 2.24) is 9.99 Å². The van der Waals surface area contributed by atoms with Crippen molar-refractivity contribution in [2.75, 3.05) is 7.05 Å². The monoisotopic (exact) mass is 304 g/mol. The van der Waals surface area contributed by atoms with Gasteiger partial charge in [-0.3, -0.25) is 15.2 Å². The molecule has 114 valence electrons. The summed E-state index contributed by atoms with van der Waals surface area (Å²) in [7, 11) is 1.69. The minimum Gasteiger partial charge on any atom is -0.316 e. The van der Waals surface area contributed by atoms with E-state index in [4.69, 9.17) is 0 Å². The van der Waals surface area contributed by atoms with Crippen LogP contribution in [0.4, 0.5) is 0 Å². The van der Waals surface area contributed by atoms with Crippen molar-refractivity contribution in [2.24, 2.45) is 10.1 Å². The summed E-state index contributed by atoms with van der Waals surface area (Å²) >= 11 is 0. The van der Waals surface area contributed by atoms with Crippen LogP contribution in [0.5, 0.6) is 0 Å². The van der Waals surface area contributed by atoms with Crippen LogP contribution in [0.2, 0.25) is 0 Å². The lowest BCUT2D eigenvalue weighted by Crippen LogP contribution is -2.18. The second-order valence-corrected chi connectivity index (χ2v) is 4.98. The van der Waals surface area contributed by atoms with Gasteiger partial charge in [0, 0.05) is 42.2 Å². The molecule has 3 rings (SSSR count). The Morgan fingerprint density at radius 1 is 1.17 bits per heavy atom. The number of nitrogens with zero attached hydrogens (tertiary/aromatic N) is 3. The fourth-order valence-corrected chi connectivity index (χ4v) is 2.61. The van der Waals surface area contributed by atoms with Gasteiger partial charge in [0.05, 0.1) is 5.52 Å². The van der Waals surface area contributed by atoms with Gasteiger partial charge in [-0.15, -0.1) is 0 Å². The summed E-state index contributed by atoms with van der Waals surface area (Å²) < 4.78 is 2.00. The van der Waals surface area contributed by atoms with Gasteiger partial charge in [-0.2, -0.15) is 5.10 Å². The van der Waals surface area contributed by atoms with Crippen LogP contribution in [0.25, 0.3) is 16.6 Å². The van der Waals surface area contributed by atoms with Gasteiger partial charge in [0.15, 0.2) is 6.29 Å². The summed E-state index contributed by atoms with van der Waals surface area (Å²) in [6.07, 6.45) is 2.74. The van der Waals surface area contributed by atoms with E-state index in [2.05, 4.69) is 22.2 Å². The first-order valence-corrected chi connectivity index (χ1v) is 7.13. The summed E-state index contributed by atoms with van der Waals surface area (Å²) in [6.45, 7) is 3.41. The van der Waals surface area contributed by atoms with E-state index in [-0.39, 0.29) is 0 Å². The van der Waals surface area contributed by atoms with Gasteiger partial charge < -0.3 is 4.57 Å². The maximum Gasteiger partial charge on any atom is 0.152 e. The van der Waals surface area contributed by atoms with Gasteiger partial charge >= 0.3 is 0 Å². The molecule has 1 aromatic heterocycles. The van der Waals surface area contributed by atoms with Crippen molar-refractivity contribution in [2.45, 2.75) is 0 Å². The number of para-hydroxylation sites is 1. The molecule has 23 heavy (non-hydrogen) atoms. The van der Waals surface area contributed by atoms with E-state index in [1.165, 1.54) is 0 Å². The minimum atomic E-state index is 0.650. The van der Waals surface area contributed by atoms with E-state index in [1.807, 2.05) is 59.3 Å². The maximum atomic E-state index is 11.3. The Morgan fingerprint density at radius 2 is 1.91 bits per heavy atom. The van der Waals surface area contributed by atoms with Crippen molar-refractivity contribution in [3.63, 3.8) is 0 Å². The van der Waals surface area contributed by atoms with Crippen molar-refractivity contribution in [3.05, 3.63) is 65.9 Å². The first-order valence-electron chi connectivity index (χ1n) is 7.13. The second-order valence-electron chi connectivity index (χ2n) is 4.98. The number of aldehydes is 1. The highest BCUT2D eigenvalue weighted by Gasteiger charge is 2.09. The number of hydrazone groups is 1. The molecule has 0 amide bonds. The third-order valence-electron chi connectivity index (χ3n) is 3.70. The Balaban J connectivity index is 2.06. The predicted octanol–water partition coefficient (Wildman–Crippen LogP) is 3.02. The standard InChI is InChI=1S/C18H16N4O/c1-19-18(21-20-2)13-7-9-15(10-8-13)22-11-14(12-23)16-5-3-4-6-17(16)22/h3-12H,2H2,1H3,(H,19,21). The molecule has 2 aromatic carbocycles. The molecule has 0 radical (unpaired) electrons. The Kier molecular flexibility index (Phi) is 4.01. The number of amidine groups is 1. The SMILES string of the molecule is C=NNC(=NC)c1ccc(-n2cc(C=O)c3ccccc32)cc1. The van der Waals surface area contributed by atoms with Crippen molar-refractivity contribution < 1.29 is 4.79 Å². The molecule has 0 atom stereocenters. The van der Waals surface area contributed by atoms with E-state index in [1.54, 1.807) is 7.05 Å². The van der Waals surface area contributed by atoms with Crippen molar-refractivity contribution in [1.29, 1.82) is 0 Å². The number of rotatable bonds is 4. The summed E-state index contributed by atoms with van der Waals surface area (Å²) in [5.74, 6) is 0.650. The van der Waals surface area contributed by atoms with Gasteiger partial charge in [0.25, 0.3) is 0 Å². The molecule has 0 saturated heterocycles. The Labute approximate surface area is 134 Å². The third-order valence-corrected chi connectivity index (χ3v) is 3.70. The van der Waals surface area contributed by atoms with Crippen LogP contribution in [0.15, 0.2) is 64.8 Å². The number of aliphatic imine (C=N–C) groups is 1. The number of hydrogen-bond donors (Lipinski definition) is 1. The smallest absolute Gasteiger partial charge is 0.152 e. The minimum absolute atomic E-state index is 0.650. The van der Waals surface area contributed by atoms with Crippen LogP contribution in [-0.4, -0.2) is 30.5 Å². The zero-order valence-corrected chi connectivity index (χ0v) is 12.7. The van der Waals surface area contributed by atoms with E-state index in [0.29, 0.717) is 11.4 Å².